The number of nitrogens with one attached hydrogen (secondary N) is 2. The summed E-state index contributed by atoms with van der Waals surface area (Å²) in [6, 6.07) is 13.7. The number of carbonyl (C=O) groups is 1. The Hall–Kier alpha value is -2.40. The smallest absolute Gasteiger partial charge is 0.250 e. The Morgan fingerprint density at radius 2 is 2.00 bits per heavy atom. The lowest BCUT2D eigenvalue weighted by atomic mass is 10.1. The van der Waals surface area contributed by atoms with E-state index in [0.29, 0.717) is 17.4 Å². The molecule has 0 bridgehead atoms. The molecule has 2 N–H and O–H groups in total. The Balaban J connectivity index is 1.70. The van der Waals surface area contributed by atoms with E-state index in [1.54, 1.807) is 12.1 Å². The van der Waals surface area contributed by atoms with E-state index in [0.717, 1.165) is 12.2 Å². The van der Waals surface area contributed by atoms with Gasteiger partial charge in [0.05, 0.1) is 0 Å². The van der Waals surface area contributed by atoms with Gasteiger partial charge in [-0.05, 0) is 49.3 Å². The van der Waals surface area contributed by atoms with Crippen LogP contribution in [0.4, 0.5) is 0 Å². The predicted molar refractivity (Wildman–Crippen MR) is 91.4 cm³/mol. The van der Waals surface area contributed by atoms with Gasteiger partial charge in [0.2, 0.25) is 5.91 Å². The molecule has 2 aromatic rings. The van der Waals surface area contributed by atoms with Crippen LogP contribution in [0.1, 0.15) is 17.1 Å². The maximum Gasteiger partial charge on any atom is 0.250 e. The molecule has 0 aliphatic carbocycles. The van der Waals surface area contributed by atoms with E-state index < -0.39 is 0 Å². The highest BCUT2D eigenvalue weighted by Crippen LogP contribution is 2.07. The van der Waals surface area contributed by atoms with Crippen LogP contribution in [0.5, 0.6) is 0 Å². The van der Waals surface area contributed by atoms with Crippen molar-refractivity contribution < 1.29 is 9.21 Å². The van der Waals surface area contributed by atoms with E-state index in [2.05, 4.69) is 22.8 Å². The van der Waals surface area contributed by atoms with Crippen molar-refractivity contribution in [2.75, 3.05) is 6.54 Å². The van der Waals surface area contributed by atoms with Gasteiger partial charge in [0.25, 0.3) is 0 Å². The van der Waals surface area contributed by atoms with Gasteiger partial charge in [0.1, 0.15) is 11.5 Å². The van der Waals surface area contributed by atoms with Crippen molar-refractivity contribution in [2.24, 2.45) is 0 Å². The van der Waals surface area contributed by atoms with E-state index >= 15 is 0 Å². The third kappa shape index (κ3) is 5.54. The van der Waals surface area contributed by atoms with Gasteiger partial charge >= 0.3 is 0 Å². The maximum atomic E-state index is 11.7. The molecule has 4 nitrogen and oxygen atoms in total. The van der Waals surface area contributed by atoms with Crippen molar-refractivity contribution >= 4 is 29.3 Å². The minimum atomic E-state index is -0.286. The molecule has 5 heteroatoms. The molecule has 0 aliphatic rings. The average Bonchev–Trinajstić information content (AvgIpc) is 2.92. The second kappa shape index (κ2) is 8.14. The summed E-state index contributed by atoms with van der Waals surface area (Å²) in [7, 11) is 0. The molecule has 0 saturated heterocycles. The van der Waals surface area contributed by atoms with Crippen LogP contribution < -0.4 is 10.6 Å². The van der Waals surface area contributed by atoms with Crippen LogP contribution >= 0.6 is 12.2 Å². The number of carbonyl (C=O) groups excluding carboxylic acids is 1. The topological polar surface area (TPSA) is 54.3 Å². The highest BCUT2D eigenvalue weighted by Gasteiger charge is 2.01. The molecule has 22 heavy (non-hydrogen) atoms. The number of hydrogen-bond acceptors (Lipinski definition) is 3. The number of rotatable bonds is 5. The molecule has 0 fully saturated rings. The van der Waals surface area contributed by atoms with Crippen LogP contribution in [0.3, 0.4) is 0 Å². The summed E-state index contributed by atoms with van der Waals surface area (Å²) >= 11 is 5.08. The molecular weight excluding hydrogens is 296 g/mol. The van der Waals surface area contributed by atoms with Crippen LogP contribution in [0.2, 0.25) is 0 Å². The third-order valence-corrected chi connectivity index (χ3v) is 3.19. The molecule has 0 saturated carbocycles. The first-order chi connectivity index (χ1) is 10.6. The third-order valence-electron chi connectivity index (χ3n) is 2.94. The monoisotopic (exact) mass is 314 g/mol. The summed E-state index contributed by atoms with van der Waals surface area (Å²) in [5, 5.41) is 5.92. The van der Waals surface area contributed by atoms with Crippen molar-refractivity contribution in [1.82, 2.24) is 10.6 Å². The minimum Gasteiger partial charge on any atom is -0.462 e. The van der Waals surface area contributed by atoms with Crippen molar-refractivity contribution in [3.63, 3.8) is 0 Å². The van der Waals surface area contributed by atoms with Gasteiger partial charge < -0.3 is 9.73 Å². The van der Waals surface area contributed by atoms with Crippen molar-refractivity contribution in [2.45, 2.75) is 13.3 Å². The number of benzene rings is 1. The molecule has 1 heterocycles. The first-order valence-electron chi connectivity index (χ1n) is 7.01. The molecule has 0 spiro atoms. The number of furan rings is 1. The zero-order valence-electron chi connectivity index (χ0n) is 12.3. The molecule has 0 atom stereocenters. The quantitative estimate of drug-likeness (QED) is 0.658. The zero-order chi connectivity index (χ0) is 15.8. The average molecular weight is 314 g/mol. The highest BCUT2D eigenvalue weighted by molar-refractivity contribution is 7.80. The second-order valence-corrected chi connectivity index (χ2v) is 5.17. The van der Waals surface area contributed by atoms with Crippen LogP contribution in [0.15, 0.2) is 53.0 Å². The summed E-state index contributed by atoms with van der Waals surface area (Å²) in [6.07, 6.45) is 3.84. The number of thiocarbonyl (C=S) groups is 1. The predicted octanol–water partition coefficient (Wildman–Crippen LogP) is 2.83. The Labute approximate surface area is 135 Å². The normalized spacial score (nSPS) is 10.6. The summed E-state index contributed by atoms with van der Waals surface area (Å²) < 4.78 is 5.34. The number of hydrogen-bond donors (Lipinski definition) is 2. The van der Waals surface area contributed by atoms with Gasteiger partial charge in [-0.15, -0.1) is 0 Å². The second-order valence-electron chi connectivity index (χ2n) is 4.76. The van der Waals surface area contributed by atoms with Crippen molar-refractivity contribution in [3.05, 3.63) is 65.6 Å². The van der Waals surface area contributed by atoms with E-state index in [1.165, 1.54) is 11.6 Å². The largest absolute Gasteiger partial charge is 0.462 e. The Kier molecular flexibility index (Phi) is 5.91. The fourth-order valence-corrected chi connectivity index (χ4v) is 2.07. The molecule has 0 unspecified atom stereocenters. The van der Waals surface area contributed by atoms with Gasteiger partial charge in [-0.3, -0.25) is 10.1 Å². The first-order valence-corrected chi connectivity index (χ1v) is 7.41. The Bertz CT molecular complexity index is 662. The standard InChI is InChI=1S/C17H18N2O2S/c1-13-7-8-15(21-13)9-10-16(20)19-17(22)18-12-11-14-5-3-2-4-6-14/h2-10H,11-12H2,1H3,(H2,18,19,20,22). The van der Waals surface area contributed by atoms with E-state index in [-0.39, 0.29) is 5.91 Å². The fraction of sp³-hybridized carbons (Fsp3) is 0.176. The number of aryl methyl sites for hydroxylation is 1. The van der Waals surface area contributed by atoms with Crippen molar-refractivity contribution in [3.8, 4) is 0 Å². The summed E-state index contributed by atoms with van der Waals surface area (Å²) in [5.41, 5.74) is 1.22. The summed E-state index contributed by atoms with van der Waals surface area (Å²) in [4.78, 5) is 11.7. The van der Waals surface area contributed by atoms with E-state index in [1.807, 2.05) is 31.2 Å². The molecular formula is C17H18N2O2S. The van der Waals surface area contributed by atoms with E-state index in [4.69, 9.17) is 16.6 Å². The molecule has 1 aromatic heterocycles. The molecule has 0 aliphatic heterocycles. The lowest BCUT2D eigenvalue weighted by molar-refractivity contribution is -0.115. The number of amides is 1. The van der Waals surface area contributed by atoms with E-state index in [9.17, 15) is 4.79 Å². The van der Waals surface area contributed by atoms with Crippen LogP contribution in [-0.4, -0.2) is 17.6 Å². The van der Waals surface area contributed by atoms with Crippen molar-refractivity contribution in [1.29, 1.82) is 0 Å². The summed E-state index contributed by atoms with van der Waals surface area (Å²) in [6.45, 7) is 2.52. The molecule has 0 radical (unpaired) electrons. The SMILES string of the molecule is Cc1ccc(C=CC(=O)NC(=S)NCCc2ccccc2)o1. The first kappa shape index (κ1) is 16.0. The zero-order valence-corrected chi connectivity index (χ0v) is 13.2. The van der Waals surface area contributed by atoms with Gasteiger partial charge in [-0.1, -0.05) is 30.3 Å². The molecule has 1 aromatic carbocycles. The molecule has 2 rings (SSSR count). The Morgan fingerprint density at radius 3 is 2.68 bits per heavy atom. The Morgan fingerprint density at radius 1 is 1.23 bits per heavy atom. The van der Waals surface area contributed by atoms with Crippen LogP contribution in [0, 0.1) is 6.92 Å². The summed E-state index contributed by atoms with van der Waals surface area (Å²) in [5.74, 6) is 1.15. The molecule has 1 amide bonds. The van der Waals surface area contributed by atoms with Crippen LogP contribution in [0.25, 0.3) is 6.08 Å². The van der Waals surface area contributed by atoms with Crippen LogP contribution in [-0.2, 0) is 11.2 Å². The maximum absolute atomic E-state index is 11.7. The lowest BCUT2D eigenvalue weighted by Crippen LogP contribution is -2.39. The minimum absolute atomic E-state index is 0.286. The van der Waals surface area contributed by atoms with Gasteiger partial charge in [0, 0.05) is 12.6 Å². The fourth-order valence-electron chi connectivity index (χ4n) is 1.86. The van der Waals surface area contributed by atoms with Gasteiger partial charge in [-0.2, -0.15) is 0 Å². The molecule has 114 valence electrons. The van der Waals surface area contributed by atoms with Gasteiger partial charge in [-0.25, -0.2) is 0 Å². The highest BCUT2D eigenvalue weighted by atomic mass is 32.1. The lowest BCUT2D eigenvalue weighted by Gasteiger charge is -2.07. The van der Waals surface area contributed by atoms with Gasteiger partial charge in [0.15, 0.2) is 5.11 Å².